The van der Waals surface area contributed by atoms with Crippen molar-refractivity contribution in [3.05, 3.63) is 71.8 Å². The topological polar surface area (TPSA) is 62.3 Å². The average Bonchev–Trinajstić information content (AvgIpc) is 3.05. The van der Waals surface area contributed by atoms with Gasteiger partial charge in [0, 0.05) is 39.8 Å². The zero-order chi connectivity index (χ0) is 24.0. The summed E-state index contributed by atoms with van der Waals surface area (Å²) in [5.41, 5.74) is 1.42. The van der Waals surface area contributed by atoms with E-state index in [9.17, 15) is 9.59 Å². The van der Waals surface area contributed by atoms with Crippen molar-refractivity contribution in [3.8, 4) is 5.75 Å². The number of urea groups is 1. The van der Waals surface area contributed by atoms with E-state index in [4.69, 9.17) is 9.47 Å². The molecule has 7 heteroatoms. The molecule has 7 nitrogen and oxygen atoms in total. The first kappa shape index (κ1) is 24.0. The molecule has 0 N–H and O–H groups in total. The Kier molecular flexibility index (Phi) is 7.65. The average molecular weight is 464 g/mol. The van der Waals surface area contributed by atoms with Crippen molar-refractivity contribution in [1.82, 2.24) is 14.7 Å². The number of piperidine rings is 1. The molecule has 0 atom stereocenters. The number of carbonyl (C=O) groups excluding carboxylic acids is 2. The van der Waals surface area contributed by atoms with Crippen LogP contribution in [0.5, 0.6) is 5.75 Å². The molecule has 0 aromatic heterocycles. The van der Waals surface area contributed by atoms with Crippen LogP contribution in [-0.2, 0) is 16.1 Å². The molecule has 2 aromatic carbocycles. The number of carbonyl (C=O) groups is 2. The van der Waals surface area contributed by atoms with Crippen molar-refractivity contribution in [2.45, 2.75) is 24.9 Å². The number of hydrogen-bond acceptors (Lipinski definition) is 5. The van der Waals surface area contributed by atoms with Gasteiger partial charge in [-0.05, 0) is 36.1 Å². The van der Waals surface area contributed by atoms with Gasteiger partial charge in [0.15, 0.2) is 0 Å². The Morgan fingerprint density at radius 2 is 1.76 bits per heavy atom. The van der Waals surface area contributed by atoms with Crippen LogP contribution in [0.1, 0.15) is 24.0 Å². The monoisotopic (exact) mass is 463 g/mol. The number of nitrogens with zero attached hydrogens (tertiary/aromatic N) is 3. The minimum absolute atomic E-state index is 0.0904. The van der Waals surface area contributed by atoms with Crippen LogP contribution in [0.2, 0.25) is 0 Å². The van der Waals surface area contributed by atoms with Gasteiger partial charge >= 0.3 is 6.03 Å². The Labute approximate surface area is 201 Å². The van der Waals surface area contributed by atoms with Gasteiger partial charge in [-0.3, -0.25) is 14.6 Å². The summed E-state index contributed by atoms with van der Waals surface area (Å²) < 4.78 is 10.6. The highest BCUT2D eigenvalue weighted by atomic mass is 16.5. The molecule has 34 heavy (non-hydrogen) atoms. The van der Waals surface area contributed by atoms with Crippen molar-refractivity contribution in [2.24, 2.45) is 0 Å². The Balaban J connectivity index is 1.45. The van der Waals surface area contributed by atoms with Crippen LogP contribution >= 0.6 is 0 Å². The van der Waals surface area contributed by atoms with E-state index in [-0.39, 0.29) is 18.5 Å². The highest BCUT2D eigenvalue weighted by Crippen LogP contribution is 2.37. The number of ether oxygens (including phenoxy) is 2. The summed E-state index contributed by atoms with van der Waals surface area (Å²) in [5.74, 6) is 0.750. The normalized spacial score (nSPS) is 18.4. The van der Waals surface area contributed by atoms with E-state index in [2.05, 4.69) is 11.0 Å². The molecule has 0 aliphatic carbocycles. The second-order valence-electron chi connectivity index (χ2n) is 8.82. The van der Waals surface area contributed by atoms with Gasteiger partial charge in [-0.1, -0.05) is 54.6 Å². The second-order valence-corrected chi connectivity index (χ2v) is 8.82. The Bertz CT molecular complexity index is 1020. The number of rotatable bonds is 9. The van der Waals surface area contributed by atoms with E-state index in [0.717, 1.165) is 30.9 Å². The smallest absolute Gasteiger partial charge is 0.328 e. The third kappa shape index (κ3) is 5.00. The van der Waals surface area contributed by atoms with Crippen LogP contribution in [0.25, 0.3) is 6.08 Å². The van der Waals surface area contributed by atoms with Crippen LogP contribution in [0.3, 0.4) is 0 Å². The molecule has 0 saturated carbocycles. The summed E-state index contributed by atoms with van der Waals surface area (Å²) in [6.07, 6.45) is 5.06. The minimum Gasteiger partial charge on any atom is -0.497 e. The van der Waals surface area contributed by atoms with E-state index < -0.39 is 5.54 Å². The number of amides is 3. The number of methoxy groups -OCH3 is 2. The fraction of sp³-hybridized carbons (Fsp3) is 0.407. The van der Waals surface area contributed by atoms with Crippen molar-refractivity contribution < 1.29 is 19.1 Å². The number of imide groups is 1. The third-order valence-corrected chi connectivity index (χ3v) is 6.76. The number of hydrogen-bond donors (Lipinski definition) is 0. The molecule has 4 rings (SSSR count). The van der Waals surface area contributed by atoms with Crippen LogP contribution in [0.4, 0.5) is 4.79 Å². The Morgan fingerprint density at radius 1 is 1.00 bits per heavy atom. The lowest BCUT2D eigenvalue weighted by atomic mass is 9.85. The molecule has 180 valence electrons. The molecular formula is C27H33N3O4. The molecule has 2 saturated heterocycles. The molecular weight excluding hydrogens is 430 g/mol. The fourth-order valence-electron chi connectivity index (χ4n) is 4.89. The minimum atomic E-state index is -0.791. The largest absolute Gasteiger partial charge is 0.497 e. The van der Waals surface area contributed by atoms with Crippen molar-refractivity contribution in [3.63, 3.8) is 0 Å². The van der Waals surface area contributed by atoms with E-state index in [1.165, 1.54) is 10.5 Å². The lowest BCUT2D eigenvalue weighted by Gasteiger charge is -2.42. The quantitative estimate of drug-likeness (QED) is 0.531. The van der Waals surface area contributed by atoms with Gasteiger partial charge in [-0.2, -0.15) is 0 Å². The highest BCUT2D eigenvalue weighted by molar-refractivity contribution is 6.07. The van der Waals surface area contributed by atoms with Crippen molar-refractivity contribution in [1.29, 1.82) is 0 Å². The van der Waals surface area contributed by atoms with Gasteiger partial charge in [-0.25, -0.2) is 4.79 Å². The first-order chi connectivity index (χ1) is 16.6. The maximum Gasteiger partial charge on any atom is 0.328 e. The lowest BCUT2D eigenvalue weighted by molar-refractivity contribution is -0.135. The summed E-state index contributed by atoms with van der Waals surface area (Å²) in [6.45, 7) is 3.36. The third-order valence-electron chi connectivity index (χ3n) is 6.76. The maximum absolute atomic E-state index is 13.6. The molecule has 2 fully saturated rings. The molecule has 2 aliphatic heterocycles. The predicted octanol–water partition coefficient (Wildman–Crippen LogP) is 3.65. The summed E-state index contributed by atoms with van der Waals surface area (Å²) in [7, 11) is 3.29. The summed E-state index contributed by atoms with van der Waals surface area (Å²) >= 11 is 0. The molecule has 0 bridgehead atoms. The van der Waals surface area contributed by atoms with Crippen LogP contribution < -0.4 is 4.74 Å². The van der Waals surface area contributed by atoms with E-state index in [1.54, 1.807) is 19.1 Å². The van der Waals surface area contributed by atoms with Gasteiger partial charge < -0.3 is 14.4 Å². The lowest BCUT2D eigenvalue weighted by Crippen LogP contribution is -2.57. The van der Waals surface area contributed by atoms with Crippen LogP contribution in [-0.4, -0.2) is 79.2 Å². The second kappa shape index (κ2) is 10.8. The van der Waals surface area contributed by atoms with Crippen molar-refractivity contribution >= 4 is 18.0 Å². The first-order valence-electron chi connectivity index (χ1n) is 11.8. The standard InChI is InChI=1S/C27H33N3O4/c1-33-19-18-30-26(32)29(15-7-11-22-8-4-3-5-9-22)25(31)27(30)13-16-28(17-14-27)21-23-10-6-12-24(20-23)34-2/h3-12,20H,13-19,21H2,1-2H3. The van der Waals surface area contributed by atoms with Gasteiger partial charge in [0.25, 0.3) is 5.91 Å². The number of likely N-dealkylation sites (tertiary alicyclic amines) is 1. The molecule has 0 unspecified atom stereocenters. The highest BCUT2D eigenvalue weighted by Gasteiger charge is 2.57. The molecule has 1 spiro atoms. The maximum atomic E-state index is 13.6. The molecule has 0 radical (unpaired) electrons. The zero-order valence-electron chi connectivity index (χ0n) is 20.0. The summed E-state index contributed by atoms with van der Waals surface area (Å²) in [5, 5.41) is 0. The molecule has 2 aliphatic rings. The van der Waals surface area contributed by atoms with Crippen LogP contribution in [0, 0.1) is 0 Å². The van der Waals surface area contributed by atoms with Gasteiger partial charge in [0.1, 0.15) is 11.3 Å². The molecule has 2 aromatic rings. The van der Waals surface area contributed by atoms with Crippen LogP contribution in [0.15, 0.2) is 60.7 Å². The number of benzene rings is 2. The Morgan fingerprint density at radius 3 is 2.47 bits per heavy atom. The first-order valence-corrected chi connectivity index (χ1v) is 11.8. The van der Waals surface area contributed by atoms with Gasteiger partial charge in [0.05, 0.1) is 13.7 Å². The van der Waals surface area contributed by atoms with Gasteiger partial charge in [-0.15, -0.1) is 0 Å². The predicted molar refractivity (Wildman–Crippen MR) is 131 cm³/mol. The Hall–Kier alpha value is -3.16. The summed E-state index contributed by atoms with van der Waals surface area (Å²) in [6, 6.07) is 17.7. The summed E-state index contributed by atoms with van der Waals surface area (Å²) in [4.78, 5) is 32.4. The zero-order valence-corrected chi connectivity index (χ0v) is 20.0. The van der Waals surface area contributed by atoms with Crippen molar-refractivity contribution in [2.75, 3.05) is 47.0 Å². The van der Waals surface area contributed by atoms with E-state index >= 15 is 0 Å². The SMILES string of the molecule is COCCN1C(=O)N(CC=Cc2ccccc2)C(=O)C12CCN(Cc1cccc(OC)c1)CC2. The van der Waals surface area contributed by atoms with Gasteiger partial charge in [0.2, 0.25) is 0 Å². The fourth-order valence-corrected chi connectivity index (χ4v) is 4.89. The van der Waals surface area contributed by atoms with E-state index in [0.29, 0.717) is 26.0 Å². The molecule has 2 heterocycles. The molecule has 3 amide bonds. The van der Waals surface area contributed by atoms with E-state index in [1.807, 2.05) is 60.7 Å².